The van der Waals surface area contributed by atoms with Gasteiger partial charge in [0.15, 0.2) is 0 Å². The average Bonchev–Trinajstić information content (AvgIpc) is 3.52. The summed E-state index contributed by atoms with van der Waals surface area (Å²) in [6.07, 6.45) is 8.71. The van der Waals surface area contributed by atoms with Crippen LogP contribution >= 0.6 is 0 Å². The van der Waals surface area contributed by atoms with Crippen LogP contribution in [0.1, 0.15) is 47.3 Å². The molecule has 3 aliphatic rings. The predicted octanol–water partition coefficient (Wildman–Crippen LogP) is 5.11. The smallest absolute Gasteiger partial charge is 0.254 e. The predicted molar refractivity (Wildman–Crippen MR) is 130 cm³/mol. The highest BCUT2D eigenvalue weighted by atomic mass is 16.5. The number of ether oxygens (including phenoxy) is 1. The minimum atomic E-state index is -0.0328. The van der Waals surface area contributed by atoms with Crippen molar-refractivity contribution in [2.45, 2.75) is 44.6 Å². The number of likely N-dealkylation sites (tertiary alicyclic amines) is 1. The number of benzene rings is 2. The molecule has 2 aliphatic heterocycles. The Kier molecular flexibility index (Phi) is 4.51. The maximum Gasteiger partial charge on any atom is 0.254 e. The second-order valence-electron chi connectivity index (χ2n) is 9.83. The minimum absolute atomic E-state index is 0.0328. The Morgan fingerprint density at radius 3 is 2.76 bits per heavy atom. The van der Waals surface area contributed by atoms with Crippen LogP contribution in [0.25, 0.3) is 5.69 Å². The molecule has 5 nitrogen and oxygen atoms in total. The highest BCUT2D eigenvalue weighted by Gasteiger charge is 2.51. The summed E-state index contributed by atoms with van der Waals surface area (Å²) in [6, 6.07) is 14.5. The molecule has 0 unspecified atom stereocenters. The Balaban J connectivity index is 1.41. The van der Waals surface area contributed by atoms with E-state index in [2.05, 4.69) is 65.0 Å². The van der Waals surface area contributed by atoms with Crippen molar-refractivity contribution in [3.05, 3.63) is 77.1 Å². The van der Waals surface area contributed by atoms with E-state index >= 15 is 0 Å². The number of hydrogen-bond acceptors (Lipinski definition) is 3. The molecule has 33 heavy (non-hydrogen) atoms. The third-order valence-electron chi connectivity index (χ3n) is 8.29. The molecule has 3 heterocycles. The van der Waals surface area contributed by atoms with Crippen LogP contribution in [0.5, 0.6) is 5.75 Å². The third kappa shape index (κ3) is 2.91. The second kappa shape index (κ2) is 7.34. The summed E-state index contributed by atoms with van der Waals surface area (Å²) in [4.78, 5) is 20.2. The lowest BCUT2D eigenvalue weighted by Gasteiger charge is -2.55. The van der Waals surface area contributed by atoms with Crippen LogP contribution in [-0.4, -0.2) is 41.3 Å². The van der Waals surface area contributed by atoms with Crippen LogP contribution in [0.4, 0.5) is 5.69 Å². The summed E-state index contributed by atoms with van der Waals surface area (Å²) in [5.74, 6) is 1.38. The van der Waals surface area contributed by atoms with E-state index in [1.54, 1.807) is 7.11 Å². The van der Waals surface area contributed by atoms with Crippen molar-refractivity contribution in [1.29, 1.82) is 0 Å². The largest absolute Gasteiger partial charge is 0.495 e. The Labute approximate surface area is 194 Å². The van der Waals surface area contributed by atoms with Crippen LogP contribution in [0, 0.1) is 5.92 Å². The van der Waals surface area contributed by atoms with E-state index in [9.17, 15) is 4.79 Å². The van der Waals surface area contributed by atoms with Gasteiger partial charge in [-0.3, -0.25) is 9.79 Å². The van der Waals surface area contributed by atoms with E-state index in [1.165, 1.54) is 11.1 Å². The molecule has 0 radical (unpaired) electrons. The van der Waals surface area contributed by atoms with Gasteiger partial charge in [-0.05, 0) is 71.8 Å². The van der Waals surface area contributed by atoms with Gasteiger partial charge in [0.2, 0.25) is 0 Å². The fourth-order valence-corrected chi connectivity index (χ4v) is 6.30. The van der Waals surface area contributed by atoms with Gasteiger partial charge in [-0.1, -0.05) is 19.9 Å². The van der Waals surface area contributed by atoms with Gasteiger partial charge in [0.05, 0.1) is 18.5 Å². The molecule has 1 fully saturated rings. The lowest BCUT2D eigenvalue weighted by atomic mass is 9.58. The van der Waals surface area contributed by atoms with E-state index in [0.29, 0.717) is 5.92 Å². The Hall–Kier alpha value is -3.34. The summed E-state index contributed by atoms with van der Waals surface area (Å²) in [6.45, 7) is 5.46. The first kappa shape index (κ1) is 20.3. The normalized spacial score (nSPS) is 25.0. The Morgan fingerprint density at radius 1 is 1.15 bits per heavy atom. The van der Waals surface area contributed by atoms with Crippen molar-refractivity contribution in [2.24, 2.45) is 10.9 Å². The van der Waals surface area contributed by atoms with Crippen molar-refractivity contribution in [1.82, 2.24) is 9.47 Å². The molecule has 6 rings (SSSR count). The summed E-state index contributed by atoms with van der Waals surface area (Å²) >= 11 is 0. The number of fused-ring (bicyclic) bond motifs is 5. The lowest BCUT2D eigenvalue weighted by Crippen LogP contribution is -2.59. The van der Waals surface area contributed by atoms with E-state index in [1.807, 2.05) is 24.4 Å². The van der Waals surface area contributed by atoms with Gasteiger partial charge in [0, 0.05) is 48.6 Å². The van der Waals surface area contributed by atoms with Gasteiger partial charge in [-0.2, -0.15) is 0 Å². The number of carbonyl (C=O) groups is 1. The molecule has 168 valence electrons. The van der Waals surface area contributed by atoms with Gasteiger partial charge in [0.1, 0.15) is 5.75 Å². The van der Waals surface area contributed by atoms with Crippen molar-refractivity contribution >= 4 is 17.8 Å². The number of amides is 1. The Morgan fingerprint density at radius 2 is 1.97 bits per heavy atom. The number of aliphatic imine (C=N–C) groups is 1. The zero-order valence-electron chi connectivity index (χ0n) is 19.4. The number of methoxy groups -OCH3 is 1. The van der Waals surface area contributed by atoms with Crippen molar-refractivity contribution in [3.8, 4) is 11.4 Å². The topological polar surface area (TPSA) is 46.8 Å². The van der Waals surface area contributed by atoms with E-state index in [-0.39, 0.29) is 17.4 Å². The first-order chi connectivity index (χ1) is 16.0. The van der Waals surface area contributed by atoms with E-state index < -0.39 is 0 Å². The number of hydrogen-bond donors (Lipinski definition) is 0. The molecule has 0 spiro atoms. The van der Waals surface area contributed by atoms with Crippen LogP contribution < -0.4 is 4.74 Å². The number of piperidine rings is 1. The van der Waals surface area contributed by atoms with Crippen LogP contribution in [-0.2, 0) is 18.3 Å². The van der Waals surface area contributed by atoms with Crippen molar-refractivity contribution < 1.29 is 9.53 Å². The molecule has 2 bridgehead atoms. The standard InChI is InChI=1S/C28H29N3O2/c1-18-23-17-20-7-9-24(33-3)26(30-13-4-5-14-30)25(20)28(18,2)11-15-31(23)27(32)21-6-8-22-19(16-21)10-12-29-22/h4-9,12-14,16,18,23H,10-11,15,17H2,1-3H3/t18-,23-,28-/m1/s1. The maximum absolute atomic E-state index is 13.7. The molecule has 3 atom stereocenters. The highest BCUT2D eigenvalue weighted by molar-refractivity contribution is 5.96. The number of aromatic nitrogens is 1. The van der Waals surface area contributed by atoms with Crippen LogP contribution in [0.15, 0.2) is 59.9 Å². The Bertz CT molecular complexity index is 1280. The minimum Gasteiger partial charge on any atom is -0.495 e. The molecule has 1 aliphatic carbocycles. The molecule has 1 aromatic heterocycles. The van der Waals surface area contributed by atoms with E-state index in [0.717, 1.165) is 54.1 Å². The zero-order chi connectivity index (χ0) is 22.7. The average molecular weight is 440 g/mol. The zero-order valence-corrected chi connectivity index (χ0v) is 19.4. The SMILES string of the molecule is COc1ccc2c(c1-n1cccc1)[C@]1(C)CCN(C(=O)c3ccc4c(c3)CC=N4)[C@H](C2)[C@H]1C. The van der Waals surface area contributed by atoms with Gasteiger partial charge in [0.25, 0.3) is 5.91 Å². The van der Waals surface area contributed by atoms with E-state index in [4.69, 9.17) is 4.74 Å². The van der Waals surface area contributed by atoms with Crippen LogP contribution in [0.3, 0.4) is 0 Å². The molecule has 3 aromatic rings. The molecule has 0 N–H and O–H groups in total. The summed E-state index contributed by atoms with van der Waals surface area (Å²) in [7, 11) is 1.75. The summed E-state index contributed by atoms with van der Waals surface area (Å²) in [5, 5.41) is 0. The van der Waals surface area contributed by atoms with Crippen molar-refractivity contribution in [3.63, 3.8) is 0 Å². The van der Waals surface area contributed by atoms with Gasteiger partial charge >= 0.3 is 0 Å². The molecule has 1 amide bonds. The van der Waals surface area contributed by atoms with Crippen LogP contribution in [0.2, 0.25) is 0 Å². The quantitative estimate of drug-likeness (QED) is 0.569. The number of carbonyl (C=O) groups excluding carboxylic acids is 1. The highest BCUT2D eigenvalue weighted by Crippen LogP contribution is 2.52. The fourth-order valence-electron chi connectivity index (χ4n) is 6.30. The first-order valence-corrected chi connectivity index (χ1v) is 11.8. The molecular formula is C28H29N3O2. The van der Waals surface area contributed by atoms with Gasteiger partial charge in [-0.25, -0.2) is 0 Å². The molecule has 0 saturated carbocycles. The monoisotopic (exact) mass is 439 g/mol. The summed E-state index contributed by atoms with van der Waals surface area (Å²) < 4.78 is 7.99. The first-order valence-electron chi connectivity index (χ1n) is 11.8. The summed E-state index contributed by atoms with van der Waals surface area (Å²) in [5.41, 5.74) is 6.73. The fraction of sp³-hybridized carbons (Fsp3) is 0.357. The molecule has 2 aromatic carbocycles. The maximum atomic E-state index is 13.7. The molecule has 1 saturated heterocycles. The number of nitrogens with zero attached hydrogens (tertiary/aromatic N) is 3. The van der Waals surface area contributed by atoms with Gasteiger partial charge in [-0.15, -0.1) is 0 Å². The van der Waals surface area contributed by atoms with Crippen molar-refractivity contribution in [2.75, 3.05) is 13.7 Å². The number of rotatable bonds is 3. The molecule has 5 heteroatoms. The second-order valence-corrected chi connectivity index (χ2v) is 9.83. The third-order valence-corrected chi connectivity index (χ3v) is 8.29. The molecular weight excluding hydrogens is 410 g/mol. The lowest BCUT2D eigenvalue weighted by molar-refractivity contribution is 0.0250. The van der Waals surface area contributed by atoms with Gasteiger partial charge < -0.3 is 14.2 Å².